The summed E-state index contributed by atoms with van der Waals surface area (Å²) in [5.41, 5.74) is 3.31. The Bertz CT molecular complexity index is 990. The molecule has 1 unspecified atom stereocenters. The van der Waals surface area contributed by atoms with Gasteiger partial charge < -0.3 is 30.7 Å². The van der Waals surface area contributed by atoms with Crippen molar-refractivity contribution in [3.05, 3.63) is 59.7 Å². The van der Waals surface area contributed by atoms with Gasteiger partial charge in [-0.05, 0) is 28.7 Å². The van der Waals surface area contributed by atoms with Gasteiger partial charge in [-0.2, -0.15) is 0 Å². The Morgan fingerprint density at radius 3 is 2.09 bits per heavy atom. The van der Waals surface area contributed by atoms with Crippen LogP contribution in [0.3, 0.4) is 0 Å². The molecule has 34 heavy (non-hydrogen) atoms. The molecule has 0 saturated heterocycles. The highest BCUT2D eigenvalue weighted by Crippen LogP contribution is 2.44. The number of aliphatic hydroxyl groups excluding tert-OH is 2. The zero-order chi connectivity index (χ0) is 24.7. The van der Waals surface area contributed by atoms with Gasteiger partial charge in [0.1, 0.15) is 12.6 Å². The number of carboxylic acid groups (broad SMARTS) is 1. The first-order valence-corrected chi connectivity index (χ1v) is 11.1. The van der Waals surface area contributed by atoms with Gasteiger partial charge in [0, 0.05) is 24.3 Å². The minimum Gasteiger partial charge on any atom is -0.481 e. The summed E-state index contributed by atoms with van der Waals surface area (Å²) in [6.45, 7) is 0.875. The van der Waals surface area contributed by atoms with Gasteiger partial charge in [-0.25, -0.2) is 4.79 Å². The molecular formula is C25H30N2O7. The number of amides is 2. The summed E-state index contributed by atoms with van der Waals surface area (Å²) in [7, 11) is 0. The van der Waals surface area contributed by atoms with Crippen LogP contribution in [0.4, 0.5) is 4.79 Å². The molecule has 2 aromatic rings. The van der Waals surface area contributed by atoms with E-state index in [1.165, 1.54) is 0 Å². The average Bonchev–Trinajstić information content (AvgIpc) is 3.17. The monoisotopic (exact) mass is 470 g/mol. The quantitative estimate of drug-likeness (QED) is 0.337. The van der Waals surface area contributed by atoms with Gasteiger partial charge in [-0.3, -0.25) is 9.59 Å². The number of ether oxygens (including phenoxy) is 1. The number of benzene rings is 2. The Balaban J connectivity index is 1.64. The van der Waals surface area contributed by atoms with Gasteiger partial charge >= 0.3 is 12.1 Å². The molecule has 0 aromatic heterocycles. The summed E-state index contributed by atoms with van der Waals surface area (Å²) >= 11 is 0. The Kier molecular flexibility index (Phi) is 8.25. The second-order valence-corrected chi connectivity index (χ2v) is 8.80. The number of hydrogen-bond donors (Lipinski definition) is 5. The smallest absolute Gasteiger partial charge is 0.407 e. The van der Waals surface area contributed by atoms with Crippen LogP contribution in [0.2, 0.25) is 0 Å². The van der Waals surface area contributed by atoms with Gasteiger partial charge in [-0.15, -0.1) is 0 Å². The van der Waals surface area contributed by atoms with Crippen molar-refractivity contribution in [2.75, 3.05) is 26.4 Å². The summed E-state index contributed by atoms with van der Waals surface area (Å²) in [6.07, 6.45) is -1.31. The van der Waals surface area contributed by atoms with Gasteiger partial charge in [0.25, 0.3) is 0 Å². The molecule has 1 aliphatic rings. The van der Waals surface area contributed by atoms with Gasteiger partial charge in [-0.1, -0.05) is 55.5 Å². The van der Waals surface area contributed by atoms with E-state index < -0.39 is 29.4 Å². The Labute approximate surface area is 197 Å². The van der Waals surface area contributed by atoms with Crippen LogP contribution in [-0.4, -0.2) is 65.7 Å². The van der Waals surface area contributed by atoms with Crippen molar-refractivity contribution in [2.45, 2.75) is 31.7 Å². The second-order valence-electron chi connectivity index (χ2n) is 8.80. The zero-order valence-electron chi connectivity index (χ0n) is 19.0. The maximum Gasteiger partial charge on any atom is 0.407 e. The van der Waals surface area contributed by atoms with Crippen molar-refractivity contribution in [3.8, 4) is 11.1 Å². The lowest BCUT2D eigenvalue weighted by Crippen LogP contribution is -2.50. The lowest BCUT2D eigenvalue weighted by atomic mass is 9.93. The highest BCUT2D eigenvalue weighted by molar-refractivity contribution is 5.86. The van der Waals surface area contributed by atoms with Crippen LogP contribution < -0.4 is 10.6 Å². The first kappa shape index (κ1) is 25.2. The van der Waals surface area contributed by atoms with Crippen molar-refractivity contribution < 1.29 is 34.4 Å². The number of carboxylic acids is 1. The molecular weight excluding hydrogens is 440 g/mol. The third-order valence-corrected chi connectivity index (χ3v) is 6.05. The van der Waals surface area contributed by atoms with Crippen molar-refractivity contribution in [3.63, 3.8) is 0 Å². The van der Waals surface area contributed by atoms with Crippen molar-refractivity contribution in [1.29, 1.82) is 0 Å². The highest BCUT2D eigenvalue weighted by atomic mass is 16.5. The van der Waals surface area contributed by atoms with Gasteiger partial charge in [0.05, 0.1) is 13.2 Å². The van der Waals surface area contributed by atoms with Gasteiger partial charge in [0.2, 0.25) is 5.91 Å². The number of nitrogens with one attached hydrogen (secondary N) is 2. The van der Waals surface area contributed by atoms with Crippen molar-refractivity contribution >= 4 is 18.0 Å². The van der Waals surface area contributed by atoms with Crippen molar-refractivity contribution in [2.24, 2.45) is 5.41 Å². The van der Waals surface area contributed by atoms with Crippen LogP contribution in [0.5, 0.6) is 0 Å². The van der Waals surface area contributed by atoms with Crippen LogP contribution in [-0.2, 0) is 14.3 Å². The summed E-state index contributed by atoms with van der Waals surface area (Å²) in [5.74, 6) is -1.88. The van der Waals surface area contributed by atoms with Crippen molar-refractivity contribution in [1.82, 2.24) is 10.6 Å². The predicted molar refractivity (Wildman–Crippen MR) is 124 cm³/mol. The van der Waals surface area contributed by atoms with E-state index in [-0.39, 0.29) is 45.1 Å². The fraction of sp³-hybridized carbons (Fsp3) is 0.400. The summed E-state index contributed by atoms with van der Waals surface area (Å²) in [6, 6.07) is 14.6. The second kappa shape index (κ2) is 11.1. The van der Waals surface area contributed by atoms with Crippen LogP contribution in [0.1, 0.15) is 36.8 Å². The van der Waals surface area contributed by atoms with Crippen LogP contribution in [0.15, 0.2) is 48.5 Å². The standard InChI is InChI=1S/C25H30N2O7/c1-25(14-28,15-29)13-26-23(32)21(10-11-22(30)31)27-24(33)34-12-20-18-8-4-2-6-16(18)17-7-3-5-9-19(17)20/h2-9,20-21,28-29H,10-15H2,1H3,(H,26,32)(H,27,33)(H,30,31). The molecule has 1 aliphatic carbocycles. The molecule has 182 valence electrons. The van der Waals surface area contributed by atoms with Crippen LogP contribution in [0, 0.1) is 5.41 Å². The molecule has 9 nitrogen and oxygen atoms in total. The number of aliphatic carboxylic acids is 1. The SMILES string of the molecule is CC(CO)(CO)CNC(=O)C(CCC(=O)O)NC(=O)OCC1c2ccccc2-c2ccccc21. The molecule has 0 bridgehead atoms. The number of hydrogen-bond acceptors (Lipinski definition) is 6. The number of rotatable bonds is 11. The molecule has 0 saturated carbocycles. The summed E-state index contributed by atoms with van der Waals surface area (Å²) < 4.78 is 5.46. The Hall–Kier alpha value is -3.43. The minimum absolute atomic E-state index is 0.0469. The lowest BCUT2D eigenvalue weighted by Gasteiger charge is -2.26. The van der Waals surface area contributed by atoms with E-state index in [1.54, 1.807) is 6.92 Å². The number of alkyl carbamates (subject to hydrolysis) is 1. The maximum absolute atomic E-state index is 12.6. The van der Waals surface area contributed by atoms with E-state index in [0.29, 0.717) is 0 Å². The Morgan fingerprint density at radius 1 is 1.00 bits per heavy atom. The molecule has 0 spiro atoms. The average molecular weight is 471 g/mol. The lowest BCUT2D eigenvalue weighted by molar-refractivity contribution is -0.137. The van der Waals surface area contributed by atoms with E-state index in [9.17, 15) is 24.6 Å². The summed E-state index contributed by atoms with van der Waals surface area (Å²) in [5, 5.41) is 32.8. The number of fused-ring (bicyclic) bond motifs is 3. The van der Waals surface area contributed by atoms with E-state index in [4.69, 9.17) is 9.84 Å². The normalized spacial score (nSPS) is 13.5. The minimum atomic E-state index is -1.15. The van der Waals surface area contributed by atoms with Crippen LogP contribution >= 0.6 is 0 Å². The molecule has 1 atom stereocenters. The van der Waals surface area contributed by atoms with Crippen LogP contribution in [0.25, 0.3) is 11.1 Å². The summed E-state index contributed by atoms with van der Waals surface area (Å²) in [4.78, 5) is 36.2. The third kappa shape index (κ3) is 5.92. The molecule has 0 fully saturated rings. The molecule has 0 heterocycles. The Morgan fingerprint density at radius 2 is 1.56 bits per heavy atom. The fourth-order valence-electron chi connectivity index (χ4n) is 3.90. The van der Waals surface area contributed by atoms with E-state index in [2.05, 4.69) is 10.6 Å². The number of aliphatic hydroxyl groups is 2. The molecule has 0 aliphatic heterocycles. The molecule has 5 N–H and O–H groups in total. The molecule has 2 amide bonds. The molecule has 2 aromatic carbocycles. The molecule has 9 heteroatoms. The number of carbonyl (C=O) groups is 3. The maximum atomic E-state index is 12.6. The first-order chi connectivity index (χ1) is 16.3. The first-order valence-electron chi connectivity index (χ1n) is 11.1. The van der Waals surface area contributed by atoms with E-state index in [0.717, 1.165) is 22.3 Å². The predicted octanol–water partition coefficient (Wildman–Crippen LogP) is 1.87. The third-order valence-electron chi connectivity index (χ3n) is 6.05. The topological polar surface area (TPSA) is 145 Å². The fourth-order valence-corrected chi connectivity index (χ4v) is 3.90. The number of carbonyl (C=O) groups excluding carboxylic acids is 2. The zero-order valence-corrected chi connectivity index (χ0v) is 19.0. The van der Waals surface area contributed by atoms with E-state index >= 15 is 0 Å². The molecule has 3 rings (SSSR count). The molecule has 0 radical (unpaired) electrons. The van der Waals surface area contributed by atoms with E-state index in [1.807, 2.05) is 48.5 Å². The largest absolute Gasteiger partial charge is 0.481 e. The van der Waals surface area contributed by atoms with Gasteiger partial charge in [0.15, 0.2) is 0 Å². The highest BCUT2D eigenvalue weighted by Gasteiger charge is 2.30.